The summed E-state index contributed by atoms with van der Waals surface area (Å²) in [5.41, 5.74) is 0.182. The van der Waals surface area contributed by atoms with Crippen LogP contribution in [0.15, 0.2) is 18.2 Å². The second kappa shape index (κ2) is 6.02. The Morgan fingerprint density at radius 3 is 2.90 bits per heavy atom. The molecule has 1 aromatic heterocycles. The minimum Gasteiger partial charge on any atom is -0.379 e. The molecule has 9 nitrogen and oxygen atoms in total. The number of anilines is 2. The standard InChI is InChI=1S/C10H10N6O3S/c1-2-11-8-6(4-3-5-7(8)16(18)19)9(17)12-10-13-14-15-20-10/h3-5,11H,2H2,1H3,(H,12,13,15,17). The van der Waals surface area contributed by atoms with Crippen molar-refractivity contribution in [3.8, 4) is 0 Å². The second-order valence-electron chi connectivity index (χ2n) is 3.61. The van der Waals surface area contributed by atoms with E-state index in [2.05, 4.69) is 25.4 Å². The maximum Gasteiger partial charge on any atom is 0.293 e. The summed E-state index contributed by atoms with van der Waals surface area (Å²) in [6, 6.07) is 4.28. The van der Waals surface area contributed by atoms with E-state index in [-0.39, 0.29) is 22.1 Å². The molecule has 10 heteroatoms. The van der Waals surface area contributed by atoms with Crippen LogP contribution in [0.4, 0.5) is 16.5 Å². The monoisotopic (exact) mass is 294 g/mol. The van der Waals surface area contributed by atoms with Gasteiger partial charge < -0.3 is 5.32 Å². The summed E-state index contributed by atoms with van der Waals surface area (Å²) in [5.74, 6) is -0.511. The van der Waals surface area contributed by atoms with Gasteiger partial charge in [-0.3, -0.25) is 20.2 Å². The molecule has 20 heavy (non-hydrogen) atoms. The molecule has 0 radical (unpaired) electrons. The van der Waals surface area contributed by atoms with E-state index in [1.165, 1.54) is 18.2 Å². The fourth-order valence-electron chi connectivity index (χ4n) is 1.59. The number of para-hydroxylation sites is 1. The Balaban J connectivity index is 2.37. The first-order valence-corrected chi connectivity index (χ1v) is 6.38. The lowest BCUT2D eigenvalue weighted by Gasteiger charge is -2.10. The van der Waals surface area contributed by atoms with Crippen LogP contribution < -0.4 is 10.6 Å². The highest BCUT2D eigenvalue weighted by Crippen LogP contribution is 2.28. The summed E-state index contributed by atoms with van der Waals surface area (Å²) in [7, 11) is 0. The van der Waals surface area contributed by atoms with Crippen LogP contribution >= 0.6 is 11.5 Å². The van der Waals surface area contributed by atoms with Gasteiger partial charge in [0.15, 0.2) is 0 Å². The number of carbonyl (C=O) groups excluding carboxylic acids is 1. The second-order valence-corrected chi connectivity index (χ2v) is 4.34. The normalized spacial score (nSPS) is 10.1. The zero-order valence-corrected chi connectivity index (χ0v) is 11.2. The summed E-state index contributed by atoms with van der Waals surface area (Å²) < 4.78 is 3.52. The third kappa shape index (κ3) is 2.85. The minimum atomic E-state index is -0.540. The first-order chi connectivity index (χ1) is 9.63. The van der Waals surface area contributed by atoms with E-state index >= 15 is 0 Å². The van der Waals surface area contributed by atoms with Crippen LogP contribution in [-0.2, 0) is 0 Å². The van der Waals surface area contributed by atoms with Crippen molar-refractivity contribution in [2.24, 2.45) is 0 Å². The van der Waals surface area contributed by atoms with E-state index in [1.54, 1.807) is 6.92 Å². The number of benzene rings is 1. The van der Waals surface area contributed by atoms with E-state index in [4.69, 9.17) is 0 Å². The Hall–Kier alpha value is -2.62. The molecule has 0 aliphatic rings. The van der Waals surface area contributed by atoms with Crippen LogP contribution in [0.25, 0.3) is 0 Å². The van der Waals surface area contributed by atoms with Crippen LogP contribution in [-0.4, -0.2) is 32.2 Å². The Bertz CT molecular complexity index is 630. The van der Waals surface area contributed by atoms with Crippen LogP contribution in [0.2, 0.25) is 0 Å². The zero-order valence-electron chi connectivity index (χ0n) is 10.4. The van der Waals surface area contributed by atoms with Crippen molar-refractivity contribution >= 4 is 33.9 Å². The lowest BCUT2D eigenvalue weighted by Crippen LogP contribution is -2.15. The van der Waals surface area contributed by atoms with E-state index in [9.17, 15) is 14.9 Å². The SMILES string of the molecule is CCNc1c(C(=O)Nc2nnns2)cccc1[N+](=O)[O-]. The number of hydrogen-bond donors (Lipinski definition) is 2. The highest BCUT2D eigenvalue weighted by molar-refractivity contribution is 7.09. The van der Waals surface area contributed by atoms with Crippen LogP contribution in [0.3, 0.4) is 0 Å². The van der Waals surface area contributed by atoms with Crippen LogP contribution in [0, 0.1) is 10.1 Å². The molecule has 1 aromatic carbocycles. The molecular weight excluding hydrogens is 284 g/mol. The summed E-state index contributed by atoms with van der Waals surface area (Å²) in [6.45, 7) is 2.23. The molecule has 104 valence electrons. The number of nitrogens with zero attached hydrogens (tertiary/aromatic N) is 4. The average Bonchev–Trinajstić information content (AvgIpc) is 2.91. The number of amides is 1. The topological polar surface area (TPSA) is 123 Å². The smallest absolute Gasteiger partial charge is 0.293 e. The van der Waals surface area contributed by atoms with E-state index < -0.39 is 10.8 Å². The molecule has 1 heterocycles. The number of carbonyl (C=O) groups is 1. The highest BCUT2D eigenvalue weighted by atomic mass is 32.1. The van der Waals surface area contributed by atoms with Crippen molar-refractivity contribution in [3.05, 3.63) is 33.9 Å². The molecule has 2 rings (SSSR count). The third-order valence-corrected chi connectivity index (χ3v) is 2.87. The molecular formula is C10H10N6O3S. The largest absolute Gasteiger partial charge is 0.379 e. The number of aromatic nitrogens is 3. The third-order valence-electron chi connectivity index (χ3n) is 2.36. The van der Waals surface area contributed by atoms with E-state index in [1.807, 2.05) is 0 Å². The van der Waals surface area contributed by atoms with E-state index in [0.717, 1.165) is 11.5 Å². The molecule has 1 amide bonds. The summed E-state index contributed by atoms with van der Waals surface area (Å²) in [5, 5.41) is 23.5. The Morgan fingerprint density at radius 2 is 2.30 bits per heavy atom. The molecule has 0 aliphatic heterocycles. The number of nitro groups is 1. The van der Waals surface area contributed by atoms with Gasteiger partial charge in [0.2, 0.25) is 5.13 Å². The van der Waals surface area contributed by atoms with Crippen molar-refractivity contribution in [3.63, 3.8) is 0 Å². The number of rotatable bonds is 5. The molecule has 0 aliphatic carbocycles. The highest BCUT2D eigenvalue weighted by Gasteiger charge is 2.21. The first kappa shape index (κ1) is 13.8. The summed E-state index contributed by atoms with van der Waals surface area (Å²) in [6.07, 6.45) is 0. The predicted molar refractivity (Wildman–Crippen MR) is 72.9 cm³/mol. The van der Waals surface area contributed by atoms with Crippen molar-refractivity contribution in [1.29, 1.82) is 0 Å². The average molecular weight is 294 g/mol. The number of nitro benzene ring substituents is 1. The van der Waals surface area contributed by atoms with Gasteiger partial charge in [-0.1, -0.05) is 15.7 Å². The molecule has 0 bridgehead atoms. The lowest BCUT2D eigenvalue weighted by molar-refractivity contribution is -0.384. The Labute approximate surface area is 117 Å². The van der Waals surface area contributed by atoms with Gasteiger partial charge >= 0.3 is 0 Å². The minimum absolute atomic E-state index is 0.158. The van der Waals surface area contributed by atoms with Crippen LogP contribution in [0.1, 0.15) is 17.3 Å². The maximum absolute atomic E-state index is 12.1. The van der Waals surface area contributed by atoms with Gasteiger partial charge in [-0.05, 0) is 18.2 Å². The summed E-state index contributed by atoms with van der Waals surface area (Å²) in [4.78, 5) is 22.6. The molecule has 0 saturated carbocycles. The van der Waals surface area contributed by atoms with Gasteiger partial charge in [0, 0.05) is 24.1 Å². The number of hydrogen-bond acceptors (Lipinski definition) is 8. The molecule has 2 aromatic rings. The lowest BCUT2D eigenvalue weighted by atomic mass is 10.1. The van der Waals surface area contributed by atoms with Crippen molar-refractivity contribution in [2.75, 3.05) is 17.2 Å². The molecule has 0 unspecified atom stereocenters. The maximum atomic E-state index is 12.1. The van der Waals surface area contributed by atoms with Crippen LogP contribution in [0.5, 0.6) is 0 Å². The quantitative estimate of drug-likeness (QED) is 0.633. The van der Waals surface area contributed by atoms with Crippen molar-refractivity contribution in [1.82, 2.24) is 14.8 Å². The van der Waals surface area contributed by atoms with Gasteiger partial charge in [0.1, 0.15) is 5.69 Å². The molecule has 2 N–H and O–H groups in total. The summed E-state index contributed by atoms with van der Waals surface area (Å²) >= 11 is 0.917. The fourth-order valence-corrected chi connectivity index (χ4v) is 1.95. The Kier molecular flexibility index (Phi) is 4.15. The van der Waals surface area contributed by atoms with Gasteiger partial charge in [0.25, 0.3) is 11.6 Å². The Morgan fingerprint density at radius 1 is 1.50 bits per heavy atom. The van der Waals surface area contributed by atoms with Gasteiger partial charge in [-0.2, -0.15) is 0 Å². The molecule has 0 spiro atoms. The van der Waals surface area contributed by atoms with Gasteiger partial charge in [-0.15, -0.1) is 0 Å². The van der Waals surface area contributed by atoms with Gasteiger partial charge in [-0.25, -0.2) is 0 Å². The van der Waals surface area contributed by atoms with Gasteiger partial charge in [0.05, 0.1) is 10.5 Å². The molecule has 0 atom stereocenters. The number of nitrogens with one attached hydrogen (secondary N) is 2. The predicted octanol–water partition coefficient (Wildman–Crippen LogP) is 1.53. The molecule has 0 fully saturated rings. The fraction of sp³-hybridized carbons (Fsp3) is 0.200. The first-order valence-electron chi connectivity index (χ1n) is 5.61. The van der Waals surface area contributed by atoms with E-state index in [0.29, 0.717) is 6.54 Å². The zero-order chi connectivity index (χ0) is 14.5. The van der Waals surface area contributed by atoms with Crippen molar-refractivity contribution in [2.45, 2.75) is 6.92 Å². The molecule has 0 saturated heterocycles. The van der Waals surface area contributed by atoms with Crippen molar-refractivity contribution < 1.29 is 9.72 Å².